The molecule has 1 aliphatic carbocycles. The number of benzene rings is 1. The summed E-state index contributed by atoms with van der Waals surface area (Å²) >= 11 is 0. The van der Waals surface area contributed by atoms with Crippen LogP contribution in [-0.4, -0.2) is 56.9 Å². The zero-order valence-corrected chi connectivity index (χ0v) is 13.8. The third kappa shape index (κ3) is 3.12. The Morgan fingerprint density at radius 1 is 0.913 bits per heavy atom. The van der Waals surface area contributed by atoms with Crippen LogP contribution in [0.5, 0.6) is 0 Å². The summed E-state index contributed by atoms with van der Waals surface area (Å²) in [6.07, 6.45) is 1.27. The SMILES string of the molecule is O=S(=O)(c1cc(F)ccc1F)N1CCN(S(=O)(=O)C2CC2)CC1. The molecule has 1 aliphatic heterocycles. The summed E-state index contributed by atoms with van der Waals surface area (Å²) in [6, 6.07) is 2.24. The Bertz CT molecular complexity index is 814. The number of rotatable bonds is 4. The van der Waals surface area contributed by atoms with Crippen molar-refractivity contribution in [3.8, 4) is 0 Å². The van der Waals surface area contributed by atoms with Crippen molar-refractivity contribution in [2.45, 2.75) is 23.0 Å². The Kier molecular flexibility index (Phi) is 4.20. The third-order valence-electron chi connectivity index (χ3n) is 4.01. The van der Waals surface area contributed by atoms with Crippen LogP contribution in [0.15, 0.2) is 23.1 Å². The zero-order valence-electron chi connectivity index (χ0n) is 12.2. The van der Waals surface area contributed by atoms with Crippen molar-refractivity contribution < 1.29 is 25.6 Å². The lowest BCUT2D eigenvalue weighted by Crippen LogP contribution is -2.51. The second-order valence-electron chi connectivity index (χ2n) is 5.62. The molecule has 10 heteroatoms. The molecule has 3 rings (SSSR count). The smallest absolute Gasteiger partial charge is 0.212 e. The number of nitrogens with zero attached hydrogens (tertiary/aromatic N) is 2. The molecule has 0 spiro atoms. The molecule has 0 radical (unpaired) electrons. The quantitative estimate of drug-likeness (QED) is 0.789. The summed E-state index contributed by atoms with van der Waals surface area (Å²) in [5.41, 5.74) is 0. The van der Waals surface area contributed by atoms with E-state index in [1.54, 1.807) is 0 Å². The van der Waals surface area contributed by atoms with E-state index in [9.17, 15) is 25.6 Å². The van der Waals surface area contributed by atoms with Crippen LogP contribution >= 0.6 is 0 Å². The Balaban J connectivity index is 1.77. The lowest BCUT2D eigenvalue weighted by atomic mass is 10.3. The fraction of sp³-hybridized carbons (Fsp3) is 0.538. The minimum absolute atomic E-state index is 0.0228. The van der Waals surface area contributed by atoms with Crippen molar-refractivity contribution >= 4 is 20.0 Å². The molecule has 0 bridgehead atoms. The molecule has 0 aromatic heterocycles. The summed E-state index contributed by atoms with van der Waals surface area (Å²) in [7, 11) is -7.55. The lowest BCUT2D eigenvalue weighted by Gasteiger charge is -2.33. The van der Waals surface area contributed by atoms with Crippen LogP contribution in [0.4, 0.5) is 8.78 Å². The van der Waals surface area contributed by atoms with E-state index < -0.39 is 36.6 Å². The van der Waals surface area contributed by atoms with E-state index in [1.165, 1.54) is 4.31 Å². The first-order chi connectivity index (χ1) is 10.7. The predicted octanol–water partition coefficient (Wildman–Crippen LogP) is 0.763. The molecule has 23 heavy (non-hydrogen) atoms. The minimum atomic E-state index is -4.19. The van der Waals surface area contributed by atoms with Gasteiger partial charge in [0.05, 0.1) is 5.25 Å². The van der Waals surface area contributed by atoms with Gasteiger partial charge in [-0.2, -0.15) is 8.61 Å². The first kappa shape index (κ1) is 16.7. The maximum atomic E-state index is 13.7. The Morgan fingerprint density at radius 3 is 2.04 bits per heavy atom. The van der Waals surface area contributed by atoms with Crippen LogP contribution in [0.2, 0.25) is 0 Å². The second-order valence-corrected chi connectivity index (χ2v) is 9.74. The molecule has 128 valence electrons. The normalized spacial score (nSPS) is 21.5. The van der Waals surface area contributed by atoms with Gasteiger partial charge in [0.25, 0.3) is 0 Å². The van der Waals surface area contributed by atoms with E-state index in [0.29, 0.717) is 18.9 Å². The Morgan fingerprint density at radius 2 is 1.48 bits per heavy atom. The highest BCUT2D eigenvalue weighted by molar-refractivity contribution is 7.90. The number of halogens is 2. The van der Waals surface area contributed by atoms with Gasteiger partial charge in [0, 0.05) is 26.2 Å². The van der Waals surface area contributed by atoms with Gasteiger partial charge >= 0.3 is 0 Å². The average Bonchev–Trinajstić information content (AvgIpc) is 3.35. The van der Waals surface area contributed by atoms with Crippen molar-refractivity contribution in [3.63, 3.8) is 0 Å². The Labute approximate surface area is 133 Å². The van der Waals surface area contributed by atoms with E-state index in [4.69, 9.17) is 0 Å². The average molecular weight is 366 g/mol. The Hall–Kier alpha value is -1.10. The van der Waals surface area contributed by atoms with Crippen LogP contribution in [0.25, 0.3) is 0 Å². The van der Waals surface area contributed by atoms with Gasteiger partial charge in [0.15, 0.2) is 0 Å². The molecule has 1 heterocycles. The van der Waals surface area contributed by atoms with Crippen LogP contribution < -0.4 is 0 Å². The van der Waals surface area contributed by atoms with Gasteiger partial charge in [0.1, 0.15) is 16.5 Å². The first-order valence-corrected chi connectivity index (χ1v) is 10.1. The minimum Gasteiger partial charge on any atom is -0.212 e. The van der Waals surface area contributed by atoms with Crippen molar-refractivity contribution in [2.75, 3.05) is 26.2 Å². The monoisotopic (exact) mass is 366 g/mol. The molecular formula is C13H16F2N2O4S2. The fourth-order valence-electron chi connectivity index (χ4n) is 2.56. The highest BCUT2D eigenvalue weighted by Crippen LogP contribution is 2.32. The van der Waals surface area contributed by atoms with Crippen molar-refractivity contribution in [3.05, 3.63) is 29.8 Å². The van der Waals surface area contributed by atoms with Gasteiger partial charge in [0.2, 0.25) is 20.0 Å². The van der Waals surface area contributed by atoms with Gasteiger partial charge in [-0.15, -0.1) is 0 Å². The molecule has 0 unspecified atom stereocenters. The molecule has 1 saturated heterocycles. The largest absolute Gasteiger partial charge is 0.246 e. The molecule has 0 atom stereocenters. The maximum Gasteiger partial charge on any atom is 0.246 e. The summed E-state index contributed by atoms with van der Waals surface area (Å²) < 4.78 is 78.3. The zero-order chi connectivity index (χ0) is 16.8. The molecule has 1 saturated carbocycles. The lowest BCUT2D eigenvalue weighted by molar-refractivity contribution is 0.272. The molecule has 0 N–H and O–H groups in total. The molecule has 1 aromatic rings. The van der Waals surface area contributed by atoms with E-state index in [2.05, 4.69) is 0 Å². The number of sulfonamides is 2. The van der Waals surface area contributed by atoms with Crippen LogP contribution in [0.1, 0.15) is 12.8 Å². The van der Waals surface area contributed by atoms with Crippen molar-refractivity contribution in [1.29, 1.82) is 0 Å². The first-order valence-electron chi connectivity index (χ1n) is 7.17. The molecular weight excluding hydrogens is 350 g/mol. The molecule has 6 nitrogen and oxygen atoms in total. The predicted molar refractivity (Wildman–Crippen MR) is 78.6 cm³/mol. The van der Waals surface area contributed by atoms with Gasteiger partial charge in [-0.1, -0.05) is 0 Å². The number of hydrogen-bond acceptors (Lipinski definition) is 4. The highest BCUT2D eigenvalue weighted by atomic mass is 32.2. The third-order valence-corrected chi connectivity index (χ3v) is 8.33. The van der Waals surface area contributed by atoms with Gasteiger partial charge in [-0.25, -0.2) is 25.6 Å². The van der Waals surface area contributed by atoms with Crippen molar-refractivity contribution in [1.82, 2.24) is 8.61 Å². The van der Waals surface area contributed by atoms with Gasteiger partial charge in [-0.05, 0) is 31.0 Å². The van der Waals surface area contributed by atoms with Gasteiger partial charge < -0.3 is 0 Å². The summed E-state index contributed by atoms with van der Waals surface area (Å²) in [4.78, 5) is -0.726. The summed E-state index contributed by atoms with van der Waals surface area (Å²) in [5, 5.41) is -0.355. The number of piperazine rings is 1. The topological polar surface area (TPSA) is 74.8 Å². The molecule has 0 amide bonds. The molecule has 1 aromatic carbocycles. The van der Waals surface area contributed by atoms with E-state index in [-0.39, 0.29) is 31.4 Å². The second kappa shape index (κ2) is 5.76. The molecule has 2 fully saturated rings. The summed E-state index contributed by atoms with van der Waals surface area (Å²) in [5.74, 6) is -1.88. The van der Waals surface area contributed by atoms with Crippen LogP contribution in [-0.2, 0) is 20.0 Å². The van der Waals surface area contributed by atoms with Gasteiger partial charge in [-0.3, -0.25) is 0 Å². The van der Waals surface area contributed by atoms with Crippen LogP contribution in [0.3, 0.4) is 0 Å². The van der Waals surface area contributed by atoms with E-state index in [1.807, 2.05) is 0 Å². The van der Waals surface area contributed by atoms with Crippen molar-refractivity contribution in [2.24, 2.45) is 0 Å². The maximum absolute atomic E-state index is 13.7. The van der Waals surface area contributed by atoms with Crippen LogP contribution in [0, 0.1) is 11.6 Å². The molecule has 2 aliphatic rings. The summed E-state index contributed by atoms with van der Waals surface area (Å²) in [6.45, 7) is -0.113. The highest BCUT2D eigenvalue weighted by Gasteiger charge is 2.42. The van der Waals surface area contributed by atoms with E-state index >= 15 is 0 Å². The fourth-order valence-corrected chi connectivity index (χ4v) is 5.88. The number of hydrogen-bond donors (Lipinski definition) is 0. The van der Waals surface area contributed by atoms with E-state index in [0.717, 1.165) is 16.4 Å². The standard InChI is InChI=1S/C13H16F2N2O4S2/c14-10-1-4-12(15)13(9-10)23(20,21)17-7-5-16(6-8-17)22(18,19)11-2-3-11/h1,4,9,11H,2-3,5-8H2.